The molecule has 1 aliphatic carbocycles. The molecule has 0 bridgehead atoms. The number of Topliss-reactive ketones (excluding diaryl/α,β-unsaturated/α-hetero) is 3. The number of rotatable bonds is 8. The van der Waals surface area contributed by atoms with Gasteiger partial charge in [-0.15, -0.1) is 0 Å². The van der Waals surface area contributed by atoms with Crippen LogP contribution < -0.4 is 5.32 Å². The molecule has 0 radical (unpaired) electrons. The van der Waals surface area contributed by atoms with Crippen LogP contribution in [0.2, 0.25) is 0 Å². The van der Waals surface area contributed by atoms with E-state index in [0.29, 0.717) is 13.1 Å². The Morgan fingerprint density at radius 1 is 0.600 bits per heavy atom. The SMILES string of the molecule is O=C1CCC(C(=O)C(c2ccccc2)c2ccccc2)(C(=O)C(c2ccccc2)c2ccccc2)C2CNCC12. The van der Waals surface area contributed by atoms with Crippen LogP contribution in [0.25, 0.3) is 0 Å². The molecule has 2 unspecified atom stereocenters. The molecule has 1 saturated carbocycles. The van der Waals surface area contributed by atoms with Crippen LogP contribution in [-0.2, 0) is 14.4 Å². The third-order valence-electron chi connectivity index (χ3n) is 8.96. The molecular weight excluding hydrogens is 494 g/mol. The van der Waals surface area contributed by atoms with Crippen molar-refractivity contribution < 1.29 is 14.4 Å². The number of carbonyl (C=O) groups excluding carboxylic acids is 3. The third kappa shape index (κ3) is 4.52. The molecule has 1 N–H and O–H groups in total. The topological polar surface area (TPSA) is 63.2 Å². The van der Waals surface area contributed by atoms with E-state index in [4.69, 9.17) is 0 Å². The van der Waals surface area contributed by atoms with Gasteiger partial charge in [-0.3, -0.25) is 14.4 Å². The molecule has 4 heteroatoms. The van der Waals surface area contributed by atoms with Gasteiger partial charge in [0.25, 0.3) is 0 Å². The second kappa shape index (κ2) is 11.1. The molecule has 1 saturated heterocycles. The number of ketones is 3. The Kier molecular flexibility index (Phi) is 7.27. The maximum atomic E-state index is 15.3. The molecule has 200 valence electrons. The van der Waals surface area contributed by atoms with Gasteiger partial charge in [-0.25, -0.2) is 0 Å². The first-order chi connectivity index (χ1) is 19.6. The van der Waals surface area contributed by atoms with Gasteiger partial charge in [0, 0.05) is 31.3 Å². The molecule has 0 spiro atoms. The summed E-state index contributed by atoms with van der Waals surface area (Å²) < 4.78 is 0. The lowest BCUT2D eigenvalue weighted by Gasteiger charge is -2.45. The summed E-state index contributed by atoms with van der Waals surface area (Å²) in [5, 5.41) is 3.37. The minimum atomic E-state index is -1.32. The number of carbonyl (C=O) groups is 3. The van der Waals surface area contributed by atoms with E-state index in [0.717, 1.165) is 22.3 Å². The van der Waals surface area contributed by atoms with Gasteiger partial charge >= 0.3 is 0 Å². The van der Waals surface area contributed by atoms with E-state index in [1.54, 1.807) is 0 Å². The molecule has 40 heavy (non-hydrogen) atoms. The fourth-order valence-electron chi connectivity index (χ4n) is 7.05. The highest BCUT2D eigenvalue weighted by Gasteiger charge is 2.61. The van der Waals surface area contributed by atoms with E-state index in [-0.39, 0.29) is 36.1 Å². The van der Waals surface area contributed by atoms with Crippen molar-refractivity contribution in [1.29, 1.82) is 0 Å². The fraction of sp³-hybridized carbons (Fsp3) is 0.250. The Bertz CT molecular complexity index is 1310. The van der Waals surface area contributed by atoms with E-state index in [2.05, 4.69) is 5.32 Å². The number of hydrogen-bond donors (Lipinski definition) is 1. The number of nitrogens with one attached hydrogen (secondary N) is 1. The number of fused-ring (bicyclic) bond motifs is 1. The highest BCUT2D eigenvalue weighted by molar-refractivity contribution is 6.15. The lowest BCUT2D eigenvalue weighted by atomic mass is 9.53. The number of hydrogen-bond acceptors (Lipinski definition) is 4. The van der Waals surface area contributed by atoms with Crippen molar-refractivity contribution in [2.45, 2.75) is 24.7 Å². The second-order valence-corrected chi connectivity index (χ2v) is 11.0. The molecule has 2 atom stereocenters. The summed E-state index contributed by atoms with van der Waals surface area (Å²) in [6.45, 7) is 0.981. The van der Waals surface area contributed by atoms with E-state index < -0.39 is 23.2 Å². The maximum absolute atomic E-state index is 15.3. The highest BCUT2D eigenvalue weighted by Crippen LogP contribution is 2.52. The normalized spacial score (nSPS) is 19.9. The summed E-state index contributed by atoms with van der Waals surface area (Å²) in [5.74, 6) is -2.02. The van der Waals surface area contributed by atoms with Crippen LogP contribution in [0.4, 0.5) is 0 Å². The summed E-state index contributed by atoms with van der Waals surface area (Å²) >= 11 is 0. The van der Waals surface area contributed by atoms with Crippen LogP contribution in [0.3, 0.4) is 0 Å². The van der Waals surface area contributed by atoms with Gasteiger partial charge in [-0.1, -0.05) is 121 Å². The fourth-order valence-corrected chi connectivity index (χ4v) is 7.05. The summed E-state index contributed by atoms with van der Waals surface area (Å²) in [6.07, 6.45) is 0.464. The first kappa shape index (κ1) is 26.1. The third-order valence-corrected chi connectivity index (χ3v) is 8.96. The van der Waals surface area contributed by atoms with E-state index in [9.17, 15) is 4.79 Å². The molecule has 1 heterocycles. The van der Waals surface area contributed by atoms with Crippen LogP contribution in [0.15, 0.2) is 121 Å². The molecule has 4 aromatic rings. The molecule has 2 fully saturated rings. The number of benzene rings is 4. The standard InChI is InChI=1S/C36H33NO3/c38-31-21-22-36(30-24-37-23-29(30)31,34(39)32(25-13-5-1-6-14-25)26-15-7-2-8-16-26)35(40)33(27-17-9-3-10-18-27)28-19-11-4-12-20-28/h1-20,29-30,32-33,37H,21-24H2. The summed E-state index contributed by atoms with van der Waals surface area (Å²) in [4.78, 5) is 43.8. The molecule has 4 aromatic carbocycles. The Morgan fingerprint density at radius 2 is 0.975 bits per heavy atom. The zero-order valence-electron chi connectivity index (χ0n) is 22.4. The molecule has 4 nitrogen and oxygen atoms in total. The highest BCUT2D eigenvalue weighted by atomic mass is 16.2. The monoisotopic (exact) mass is 527 g/mol. The average Bonchev–Trinajstić information content (AvgIpc) is 3.52. The predicted octanol–water partition coefficient (Wildman–Crippen LogP) is 5.97. The molecule has 6 rings (SSSR count). The minimum absolute atomic E-state index is 0.0991. The lowest BCUT2D eigenvalue weighted by Crippen LogP contribution is -2.56. The first-order valence-electron chi connectivity index (χ1n) is 14.1. The largest absolute Gasteiger partial charge is 0.316 e. The van der Waals surface area contributed by atoms with Crippen molar-refractivity contribution in [3.8, 4) is 0 Å². The molecule has 1 aliphatic heterocycles. The van der Waals surface area contributed by atoms with Crippen LogP contribution >= 0.6 is 0 Å². The molecular formula is C36H33NO3. The van der Waals surface area contributed by atoms with Gasteiger partial charge in [-0.05, 0) is 28.7 Å². The van der Waals surface area contributed by atoms with Gasteiger partial charge in [0.05, 0.1) is 17.3 Å². The molecule has 2 aliphatic rings. The van der Waals surface area contributed by atoms with Gasteiger partial charge < -0.3 is 5.32 Å². The Balaban J connectivity index is 1.57. The van der Waals surface area contributed by atoms with Gasteiger partial charge in [0.15, 0.2) is 11.6 Å². The van der Waals surface area contributed by atoms with Crippen LogP contribution in [-0.4, -0.2) is 30.4 Å². The van der Waals surface area contributed by atoms with Crippen LogP contribution in [0.1, 0.15) is 46.9 Å². The van der Waals surface area contributed by atoms with E-state index >= 15 is 9.59 Å². The van der Waals surface area contributed by atoms with Gasteiger partial charge in [-0.2, -0.15) is 0 Å². The van der Waals surface area contributed by atoms with Gasteiger partial charge in [0.2, 0.25) is 0 Å². The van der Waals surface area contributed by atoms with E-state index in [1.807, 2.05) is 121 Å². The van der Waals surface area contributed by atoms with Crippen molar-refractivity contribution in [2.75, 3.05) is 13.1 Å². The van der Waals surface area contributed by atoms with Crippen LogP contribution in [0.5, 0.6) is 0 Å². The zero-order valence-corrected chi connectivity index (χ0v) is 22.4. The maximum Gasteiger partial charge on any atom is 0.158 e. The van der Waals surface area contributed by atoms with Gasteiger partial charge in [0.1, 0.15) is 5.78 Å². The zero-order chi connectivity index (χ0) is 27.5. The quantitative estimate of drug-likeness (QED) is 0.287. The molecule has 0 aromatic heterocycles. The van der Waals surface area contributed by atoms with Crippen molar-refractivity contribution in [2.24, 2.45) is 17.3 Å². The van der Waals surface area contributed by atoms with Crippen molar-refractivity contribution in [3.63, 3.8) is 0 Å². The minimum Gasteiger partial charge on any atom is -0.316 e. The Morgan fingerprint density at radius 3 is 1.35 bits per heavy atom. The summed E-state index contributed by atoms with van der Waals surface area (Å²) in [6, 6.07) is 39.0. The average molecular weight is 528 g/mol. The predicted molar refractivity (Wildman–Crippen MR) is 156 cm³/mol. The first-order valence-corrected chi connectivity index (χ1v) is 14.1. The van der Waals surface area contributed by atoms with E-state index in [1.165, 1.54) is 0 Å². The van der Waals surface area contributed by atoms with Crippen molar-refractivity contribution in [1.82, 2.24) is 5.32 Å². The second-order valence-electron chi connectivity index (χ2n) is 11.0. The molecule has 0 amide bonds. The summed E-state index contributed by atoms with van der Waals surface area (Å²) in [7, 11) is 0. The Labute approximate surface area is 235 Å². The van der Waals surface area contributed by atoms with Crippen LogP contribution in [0, 0.1) is 17.3 Å². The Hall–Kier alpha value is -4.15. The van der Waals surface area contributed by atoms with Crippen molar-refractivity contribution in [3.05, 3.63) is 144 Å². The smallest absolute Gasteiger partial charge is 0.158 e. The van der Waals surface area contributed by atoms with Crippen molar-refractivity contribution >= 4 is 17.3 Å². The lowest BCUT2D eigenvalue weighted by molar-refractivity contribution is -0.152. The summed E-state index contributed by atoms with van der Waals surface area (Å²) in [5.41, 5.74) is 2.12.